The number of aryl methyl sites for hydroxylation is 1. The largest absolute Gasteiger partial charge is 0.367 e. The van der Waals surface area contributed by atoms with E-state index in [2.05, 4.69) is 0 Å². The van der Waals surface area contributed by atoms with Crippen molar-refractivity contribution in [2.45, 2.75) is 25.4 Å². The summed E-state index contributed by atoms with van der Waals surface area (Å²) in [5.41, 5.74) is 5.08. The van der Waals surface area contributed by atoms with E-state index in [4.69, 9.17) is 10.5 Å². The molecule has 114 valence electrons. The van der Waals surface area contributed by atoms with Crippen molar-refractivity contribution in [1.29, 1.82) is 0 Å². The van der Waals surface area contributed by atoms with E-state index < -0.39 is 11.5 Å². The Morgan fingerprint density at radius 2 is 2.05 bits per heavy atom. The van der Waals surface area contributed by atoms with Crippen LogP contribution in [0.4, 0.5) is 4.39 Å². The van der Waals surface area contributed by atoms with E-state index in [-0.39, 0.29) is 18.3 Å². The molecule has 0 saturated carbocycles. The number of ether oxygens (including phenoxy) is 1. The molecule has 2 amide bonds. The molecule has 1 atom stereocenters. The van der Waals surface area contributed by atoms with Crippen molar-refractivity contribution in [3.8, 4) is 0 Å². The van der Waals surface area contributed by atoms with Crippen molar-refractivity contribution in [3.05, 3.63) is 35.6 Å². The van der Waals surface area contributed by atoms with Gasteiger partial charge >= 0.3 is 0 Å². The number of benzene rings is 1. The summed E-state index contributed by atoms with van der Waals surface area (Å²) in [4.78, 5) is 25.2. The Balaban J connectivity index is 1.91. The number of nitrogens with zero attached hydrogens (tertiary/aromatic N) is 1. The minimum absolute atomic E-state index is 0.0601. The van der Waals surface area contributed by atoms with Crippen molar-refractivity contribution in [1.82, 2.24) is 4.90 Å². The summed E-state index contributed by atoms with van der Waals surface area (Å²) in [6.07, 6.45) is 0.838. The monoisotopic (exact) mass is 294 g/mol. The van der Waals surface area contributed by atoms with Gasteiger partial charge < -0.3 is 15.4 Å². The SMILES string of the molecule is CC1(C(N)=O)CN(C(=O)CCc2ccc(F)cc2)CCO1. The number of morpholine rings is 1. The molecule has 2 rings (SSSR count). The summed E-state index contributed by atoms with van der Waals surface area (Å²) in [6, 6.07) is 6.07. The molecule has 1 aliphatic rings. The van der Waals surface area contributed by atoms with Crippen molar-refractivity contribution >= 4 is 11.8 Å². The fraction of sp³-hybridized carbons (Fsp3) is 0.467. The van der Waals surface area contributed by atoms with Gasteiger partial charge in [0.1, 0.15) is 5.82 Å². The maximum Gasteiger partial charge on any atom is 0.251 e. The molecule has 21 heavy (non-hydrogen) atoms. The van der Waals surface area contributed by atoms with Crippen LogP contribution in [0.25, 0.3) is 0 Å². The topological polar surface area (TPSA) is 72.6 Å². The zero-order valence-electron chi connectivity index (χ0n) is 12.0. The number of halogens is 1. The summed E-state index contributed by atoms with van der Waals surface area (Å²) in [5, 5.41) is 0. The molecule has 1 aromatic carbocycles. The summed E-state index contributed by atoms with van der Waals surface area (Å²) < 4.78 is 18.2. The van der Waals surface area contributed by atoms with Crippen LogP contribution in [0.1, 0.15) is 18.9 Å². The molecule has 1 unspecified atom stereocenters. The summed E-state index contributed by atoms with van der Waals surface area (Å²) in [7, 11) is 0. The van der Waals surface area contributed by atoms with Crippen LogP contribution in [0.3, 0.4) is 0 Å². The molecule has 1 fully saturated rings. The van der Waals surface area contributed by atoms with Crippen molar-refractivity contribution < 1.29 is 18.7 Å². The van der Waals surface area contributed by atoms with Gasteiger partial charge in [0, 0.05) is 13.0 Å². The number of rotatable bonds is 4. The van der Waals surface area contributed by atoms with Crippen LogP contribution in [-0.4, -0.2) is 42.0 Å². The Hall–Kier alpha value is -1.95. The number of hydrogen-bond acceptors (Lipinski definition) is 3. The lowest BCUT2D eigenvalue weighted by atomic mass is 10.0. The molecule has 5 nitrogen and oxygen atoms in total. The van der Waals surface area contributed by atoms with E-state index in [9.17, 15) is 14.0 Å². The Kier molecular flexibility index (Phi) is 4.57. The molecule has 1 aliphatic heterocycles. The standard InChI is InChI=1S/C15H19FN2O3/c1-15(14(17)20)10-18(8-9-21-15)13(19)7-4-11-2-5-12(16)6-3-11/h2-3,5-6H,4,7-10H2,1H3,(H2,17,20). The van der Waals surface area contributed by atoms with Gasteiger partial charge in [-0.25, -0.2) is 4.39 Å². The molecule has 1 heterocycles. The third-order valence-corrected chi connectivity index (χ3v) is 3.69. The molecular weight excluding hydrogens is 275 g/mol. The minimum Gasteiger partial charge on any atom is -0.367 e. The molecule has 2 N–H and O–H groups in total. The van der Waals surface area contributed by atoms with Crippen LogP contribution < -0.4 is 5.73 Å². The van der Waals surface area contributed by atoms with Gasteiger partial charge in [-0.05, 0) is 31.0 Å². The Morgan fingerprint density at radius 1 is 1.38 bits per heavy atom. The van der Waals surface area contributed by atoms with Crippen LogP contribution in [0.2, 0.25) is 0 Å². The highest BCUT2D eigenvalue weighted by atomic mass is 19.1. The number of carbonyl (C=O) groups is 2. The summed E-state index contributed by atoms with van der Waals surface area (Å²) in [5.74, 6) is -0.927. The zero-order chi connectivity index (χ0) is 15.5. The number of hydrogen-bond donors (Lipinski definition) is 1. The molecule has 0 aliphatic carbocycles. The Morgan fingerprint density at radius 3 is 2.67 bits per heavy atom. The highest BCUT2D eigenvalue weighted by Gasteiger charge is 2.38. The Labute approximate surface area is 122 Å². The van der Waals surface area contributed by atoms with Crippen LogP contribution in [0, 0.1) is 5.82 Å². The molecule has 1 saturated heterocycles. The molecular formula is C15H19FN2O3. The first-order chi connectivity index (χ1) is 9.90. The van der Waals surface area contributed by atoms with E-state index in [1.807, 2.05) is 0 Å². The second-order valence-electron chi connectivity index (χ2n) is 5.39. The van der Waals surface area contributed by atoms with Crippen LogP contribution in [0.5, 0.6) is 0 Å². The van der Waals surface area contributed by atoms with Gasteiger partial charge in [0.2, 0.25) is 5.91 Å². The van der Waals surface area contributed by atoms with E-state index >= 15 is 0 Å². The van der Waals surface area contributed by atoms with Crippen molar-refractivity contribution in [2.75, 3.05) is 19.7 Å². The highest BCUT2D eigenvalue weighted by Crippen LogP contribution is 2.18. The van der Waals surface area contributed by atoms with E-state index in [0.29, 0.717) is 26.0 Å². The maximum atomic E-state index is 12.8. The predicted octanol–water partition coefficient (Wildman–Crippen LogP) is 0.861. The summed E-state index contributed by atoms with van der Waals surface area (Å²) in [6.45, 7) is 2.51. The van der Waals surface area contributed by atoms with Gasteiger partial charge in [-0.3, -0.25) is 9.59 Å². The van der Waals surface area contributed by atoms with Crippen molar-refractivity contribution in [2.24, 2.45) is 5.73 Å². The number of carbonyl (C=O) groups excluding carboxylic acids is 2. The fourth-order valence-corrected chi connectivity index (χ4v) is 2.29. The minimum atomic E-state index is -1.12. The quantitative estimate of drug-likeness (QED) is 0.895. The number of nitrogens with two attached hydrogens (primary N) is 1. The third-order valence-electron chi connectivity index (χ3n) is 3.69. The van der Waals surface area contributed by atoms with Gasteiger partial charge in [-0.2, -0.15) is 0 Å². The third kappa shape index (κ3) is 3.78. The lowest BCUT2D eigenvalue weighted by Gasteiger charge is -2.38. The molecule has 0 spiro atoms. The first-order valence-electron chi connectivity index (χ1n) is 6.87. The normalized spacial score (nSPS) is 22.1. The first kappa shape index (κ1) is 15.4. The number of amides is 2. The summed E-state index contributed by atoms with van der Waals surface area (Å²) >= 11 is 0. The van der Waals surface area contributed by atoms with E-state index in [1.54, 1.807) is 24.0 Å². The number of primary amides is 1. The van der Waals surface area contributed by atoms with Crippen molar-refractivity contribution in [3.63, 3.8) is 0 Å². The average molecular weight is 294 g/mol. The van der Waals surface area contributed by atoms with Crippen LogP contribution >= 0.6 is 0 Å². The molecule has 0 aromatic heterocycles. The average Bonchev–Trinajstić information content (AvgIpc) is 2.46. The molecule has 0 radical (unpaired) electrons. The Bertz CT molecular complexity index is 532. The zero-order valence-corrected chi connectivity index (χ0v) is 12.0. The van der Waals surface area contributed by atoms with Gasteiger partial charge in [0.15, 0.2) is 5.60 Å². The van der Waals surface area contributed by atoms with E-state index in [0.717, 1.165) is 5.56 Å². The predicted molar refractivity (Wildman–Crippen MR) is 74.9 cm³/mol. The van der Waals surface area contributed by atoms with Gasteiger partial charge in [0.05, 0.1) is 13.2 Å². The first-order valence-corrected chi connectivity index (χ1v) is 6.87. The maximum absolute atomic E-state index is 12.8. The fourth-order valence-electron chi connectivity index (χ4n) is 2.29. The van der Waals surface area contributed by atoms with Gasteiger partial charge in [-0.1, -0.05) is 12.1 Å². The smallest absolute Gasteiger partial charge is 0.251 e. The van der Waals surface area contributed by atoms with E-state index in [1.165, 1.54) is 12.1 Å². The lowest BCUT2D eigenvalue weighted by molar-refractivity contribution is -0.160. The lowest BCUT2D eigenvalue weighted by Crippen LogP contribution is -2.58. The molecule has 1 aromatic rings. The molecule has 6 heteroatoms. The van der Waals surface area contributed by atoms with Crippen LogP contribution in [-0.2, 0) is 20.7 Å². The van der Waals surface area contributed by atoms with Gasteiger partial charge in [0.25, 0.3) is 5.91 Å². The molecule has 0 bridgehead atoms. The van der Waals surface area contributed by atoms with Gasteiger partial charge in [-0.15, -0.1) is 0 Å². The van der Waals surface area contributed by atoms with Crippen LogP contribution in [0.15, 0.2) is 24.3 Å². The second kappa shape index (κ2) is 6.22. The highest BCUT2D eigenvalue weighted by molar-refractivity contribution is 5.85. The second-order valence-corrected chi connectivity index (χ2v) is 5.39.